The molecule has 0 amide bonds. The van der Waals surface area contributed by atoms with Crippen LogP contribution < -0.4 is 0 Å². The molecule has 1 aliphatic heterocycles. The molecule has 2 aromatic rings. The third-order valence-corrected chi connectivity index (χ3v) is 5.80. The molecular formula is C18H25NS. The highest BCUT2D eigenvalue weighted by Gasteiger charge is 2.21. The first-order chi connectivity index (χ1) is 9.43. The van der Waals surface area contributed by atoms with Gasteiger partial charge in [-0.3, -0.25) is 0 Å². The molecule has 1 saturated heterocycles. The van der Waals surface area contributed by atoms with Crippen LogP contribution in [0.5, 0.6) is 0 Å². The Labute approximate surface area is 126 Å². The fourth-order valence-electron chi connectivity index (χ4n) is 3.02. The molecule has 1 aromatic carbocycles. The highest BCUT2D eigenvalue weighted by molar-refractivity contribution is 7.19. The van der Waals surface area contributed by atoms with Gasteiger partial charge in [-0.25, -0.2) is 0 Å². The third kappa shape index (κ3) is 2.77. The third-order valence-electron chi connectivity index (χ3n) is 4.52. The van der Waals surface area contributed by atoms with E-state index in [1.807, 2.05) is 11.3 Å². The minimum atomic E-state index is 0.240. The molecule has 0 spiro atoms. The van der Waals surface area contributed by atoms with Crippen molar-refractivity contribution in [2.24, 2.45) is 0 Å². The van der Waals surface area contributed by atoms with E-state index in [9.17, 15) is 0 Å². The van der Waals surface area contributed by atoms with E-state index in [0.717, 1.165) is 5.92 Å². The van der Waals surface area contributed by atoms with E-state index in [4.69, 9.17) is 0 Å². The summed E-state index contributed by atoms with van der Waals surface area (Å²) >= 11 is 2.01. The highest BCUT2D eigenvalue weighted by Crippen LogP contribution is 2.37. The summed E-state index contributed by atoms with van der Waals surface area (Å²) in [4.78, 5) is 4.04. The molecule has 1 nitrogen and oxygen atoms in total. The number of likely N-dealkylation sites (tertiary alicyclic amines) is 1. The molecule has 0 saturated carbocycles. The van der Waals surface area contributed by atoms with Crippen molar-refractivity contribution in [1.29, 1.82) is 0 Å². The van der Waals surface area contributed by atoms with Crippen LogP contribution in [0.4, 0.5) is 0 Å². The molecule has 1 fully saturated rings. The van der Waals surface area contributed by atoms with E-state index in [2.05, 4.69) is 57.0 Å². The number of benzene rings is 1. The highest BCUT2D eigenvalue weighted by atomic mass is 32.1. The number of fused-ring (bicyclic) bond motifs is 1. The topological polar surface area (TPSA) is 3.24 Å². The first-order valence-corrected chi connectivity index (χ1v) is 8.47. The van der Waals surface area contributed by atoms with E-state index in [0.29, 0.717) is 0 Å². The average molecular weight is 287 g/mol. The van der Waals surface area contributed by atoms with Gasteiger partial charge in [0.05, 0.1) is 0 Å². The Kier molecular flexibility index (Phi) is 3.64. The van der Waals surface area contributed by atoms with Gasteiger partial charge < -0.3 is 4.90 Å². The Morgan fingerprint density at radius 3 is 2.45 bits per heavy atom. The van der Waals surface area contributed by atoms with Crippen molar-refractivity contribution in [3.63, 3.8) is 0 Å². The Morgan fingerprint density at radius 2 is 1.80 bits per heavy atom. The molecule has 0 atom stereocenters. The van der Waals surface area contributed by atoms with Gasteiger partial charge in [0.15, 0.2) is 0 Å². The molecule has 1 aliphatic rings. The van der Waals surface area contributed by atoms with E-state index >= 15 is 0 Å². The maximum Gasteiger partial charge on any atom is 0.0345 e. The number of nitrogens with zero attached hydrogens (tertiary/aromatic N) is 1. The van der Waals surface area contributed by atoms with E-state index in [-0.39, 0.29) is 5.41 Å². The molecule has 0 bridgehead atoms. The van der Waals surface area contributed by atoms with Gasteiger partial charge in [0.2, 0.25) is 0 Å². The van der Waals surface area contributed by atoms with Gasteiger partial charge in [-0.05, 0) is 73.5 Å². The van der Waals surface area contributed by atoms with Crippen LogP contribution >= 0.6 is 11.3 Å². The van der Waals surface area contributed by atoms with Crippen LogP contribution in [0, 0.1) is 0 Å². The van der Waals surface area contributed by atoms with Gasteiger partial charge in [-0.2, -0.15) is 0 Å². The van der Waals surface area contributed by atoms with E-state index in [1.54, 1.807) is 4.88 Å². The Hall–Kier alpha value is -0.860. The van der Waals surface area contributed by atoms with Crippen LogP contribution in [0.2, 0.25) is 0 Å². The van der Waals surface area contributed by atoms with E-state index in [1.165, 1.54) is 41.6 Å². The van der Waals surface area contributed by atoms with Crippen LogP contribution in [0.1, 0.15) is 50.0 Å². The lowest BCUT2D eigenvalue weighted by Gasteiger charge is -2.28. The predicted molar refractivity (Wildman–Crippen MR) is 90.0 cm³/mol. The summed E-state index contributed by atoms with van der Waals surface area (Å²) in [6.07, 6.45) is 2.63. The normalized spacial score (nSPS) is 18.8. The second kappa shape index (κ2) is 5.16. The fourth-order valence-corrected chi connectivity index (χ4v) is 4.24. The molecule has 0 N–H and O–H groups in total. The quantitative estimate of drug-likeness (QED) is 0.713. The zero-order chi connectivity index (χ0) is 14.3. The molecule has 20 heavy (non-hydrogen) atoms. The molecule has 1 aromatic heterocycles. The summed E-state index contributed by atoms with van der Waals surface area (Å²) in [5, 5.41) is 1.44. The number of hydrogen-bond acceptors (Lipinski definition) is 2. The van der Waals surface area contributed by atoms with Crippen LogP contribution in [-0.2, 0) is 5.41 Å². The molecule has 0 aliphatic carbocycles. The van der Waals surface area contributed by atoms with Crippen molar-refractivity contribution in [3.05, 3.63) is 34.7 Å². The SMILES string of the molecule is CN1CCC(c2cc3cc(C(C)(C)C)ccc3s2)CC1. The first-order valence-electron chi connectivity index (χ1n) is 7.66. The lowest BCUT2D eigenvalue weighted by molar-refractivity contribution is 0.257. The number of thiophene rings is 1. The summed E-state index contributed by atoms with van der Waals surface area (Å²) in [6.45, 7) is 9.35. The Balaban J connectivity index is 1.91. The van der Waals surface area contributed by atoms with Crippen molar-refractivity contribution in [2.45, 2.75) is 44.9 Å². The summed E-state index contributed by atoms with van der Waals surface area (Å²) in [7, 11) is 2.23. The smallest absolute Gasteiger partial charge is 0.0345 e. The Morgan fingerprint density at radius 1 is 1.10 bits per heavy atom. The molecule has 0 radical (unpaired) electrons. The standard InChI is InChI=1S/C18H25NS/c1-18(2,3)15-5-6-16-14(11-15)12-17(20-16)13-7-9-19(4)10-8-13/h5-6,11-13H,7-10H2,1-4H3. The largest absolute Gasteiger partial charge is 0.306 e. The maximum atomic E-state index is 2.45. The Bertz CT molecular complexity index is 597. The van der Waals surface area contributed by atoms with Gasteiger partial charge in [0.1, 0.15) is 0 Å². The maximum absolute atomic E-state index is 2.45. The summed E-state index contributed by atoms with van der Waals surface area (Å²) in [6, 6.07) is 9.46. The van der Waals surface area contributed by atoms with Crippen LogP contribution in [0.25, 0.3) is 10.1 Å². The number of rotatable bonds is 1. The van der Waals surface area contributed by atoms with Gasteiger partial charge in [-0.1, -0.05) is 26.8 Å². The minimum Gasteiger partial charge on any atom is -0.306 e. The summed E-state index contributed by atoms with van der Waals surface area (Å²) in [5.41, 5.74) is 1.68. The molecule has 0 unspecified atom stereocenters. The zero-order valence-electron chi connectivity index (χ0n) is 13.1. The van der Waals surface area contributed by atoms with Gasteiger partial charge in [0.25, 0.3) is 0 Å². The second-order valence-electron chi connectivity index (χ2n) is 7.23. The van der Waals surface area contributed by atoms with Gasteiger partial charge >= 0.3 is 0 Å². The fraction of sp³-hybridized carbons (Fsp3) is 0.556. The molecule has 2 heteroatoms. The monoisotopic (exact) mass is 287 g/mol. The average Bonchev–Trinajstić information content (AvgIpc) is 2.81. The van der Waals surface area contributed by atoms with Crippen molar-refractivity contribution >= 4 is 21.4 Å². The lowest BCUT2D eigenvalue weighted by atomic mass is 9.86. The number of piperidine rings is 1. The van der Waals surface area contributed by atoms with Gasteiger partial charge in [-0.15, -0.1) is 11.3 Å². The lowest BCUT2D eigenvalue weighted by Crippen LogP contribution is -2.28. The predicted octanol–water partition coefficient (Wildman–Crippen LogP) is 5.01. The zero-order valence-corrected chi connectivity index (χ0v) is 13.9. The minimum absolute atomic E-state index is 0.240. The number of hydrogen-bond donors (Lipinski definition) is 0. The van der Waals surface area contributed by atoms with Crippen molar-refractivity contribution in [2.75, 3.05) is 20.1 Å². The van der Waals surface area contributed by atoms with Gasteiger partial charge in [0, 0.05) is 9.58 Å². The van der Waals surface area contributed by atoms with Crippen LogP contribution in [0.3, 0.4) is 0 Å². The first kappa shape index (κ1) is 14.1. The van der Waals surface area contributed by atoms with Crippen LogP contribution in [0.15, 0.2) is 24.3 Å². The summed E-state index contributed by atoms with van der Waals surface area (Å²) < 4.78 is 1.45. The van der Waals surface area contributed by atoms with Crippen molar-refractivity contribution < 1.29 is 0 Å². The molecule has 2 heterocycles. The molecule has 3 rings (SSSR count). The van der Waals surface area contributed by atoms with Crippen molar-refractivity contribution in [1.82, 2.24) is 4.90 Å². The molecule has 108 valence electrons. The van der Waals surface area contributed by atoms with E-state index < -0.39 is 0 Å². The summed E-state index contributed by atoms with van der Waals surface area (Å²) in [5.74, 6) is 0.779. The molecular weight excluding hydrogens is 262 g/mol. The second-order valence-corrected chi connectivity index (χ2v) is 8.34. The van der Waals surface area contributed by atoms with Crippen LogP contribution in [-0.4, -0.2) is 25.0 Å². The van der Waals surface area contributed by atoms with Crippen molar-refractivity contribution in [3.8, 4) is 0 Å².